The number of amides is 1. The third-order valence-corrected chi connectivity index (χ3v) is 5.03. The Kier molecular flexibility index (Phi) is 4.69. The highest BCUT2D eigenvalue weighted by atomic mass is 32.1. The Hall–Kier alpha value is -2.87. The van der Waals surface area contributed by atoms with Gasteiger partial charge in [0.25, 0.3) is 5.69 Å². The van der Waals surface area contributed by atoms with E-state index in [1.807, 2.05) is 13.8 Å². The summed E-state index contributed by atoms with van der Waals surface area (Å²) in [6, 6.07) is 5.99. The standard InChI is InChI=1S/C18H17N3O4S/c1-18(2)9-13-16(14(22)10-18)26-17(19-13)20-15(23)7-6-11-4-3-5-12(8-11)21(24)25/h3-8H,9-10H2,1-2H3,(H,19,20,23)/b7-6-. The number of carbonyl (C=O) groups excluding carboxylic acids is 2. The van der Waals surface area contributed by atoms with E-state index < -0.39 is 10.8 Å². The minimum Gasteiger partial charge on any atom is -0.298 e. The van der Waals surface area contributed by atoms with Gasteiger partial charge in [-0.15, -0.1) is 0 Å². The van der Waals surface area contributed by atoms with Crippen LogP contribution in [-0.2, 0) is 11.2 Å². The summed E-state index contributed by atoms with van der Waals surface area (Å²) in [6.45, 7) is 4.04. The lowest BCUT2D eigenvalue weighted by atomic mass is 9.78. The number of fused-ring (bicyclic) bond motifs is 1. The van der Waals surface area contributed by atoms with Crippen molar-refractivity contribution in [2.24, 2.45) is 5.41 Å². The molecule has 134 valence electrons. The number of hydrogen-bond acceptors (Lipinski definition) is 6. The average Bonchev–Trinajstić information content (AvgIpc) is 2.94. The fourth-order valence-electron chi connectivity index (χ4n) is 2.83. The van der Waals surface area contributed by atoms with Crippen molar-refractivity contribution in [3.05, 3.63) is 56.6 Å². The van der Waals surface area contributed by atoms with Crippen LogP contribution < -0.4 is 5.32 Å². The van der Waals surface area contributed by atoms with Crippen molar-refractivity contribution in [1.82, 2.24) is 4.98 Å². The van der Waals surface area contributed by atoms with Crippen LogP contribution in [0.2, 0.25) is 0 Å². The van der Waals surface area contributed by atoms with E-state index in [0.29, 0.717) is 28.4 Å². The van der Waals surface area contributed by atoms with Gasteiger partial charge >= 0.3 is 0 Å². The van der Waals surface area contributed by atoms with Gasteiger partial charge in [-0.25, -0.2) is 4.98 Å². The summed E-state index contributed by atoms with van der Waals surface area (Å²) in [5, 5.41) is 13.8. The molecule has 1 amide bonds. The Balaban J connectivity index is 1.70. The maximum absolute atomic E-state index is 12.2. The van der Waals surface area contributed by atoms with Gasteiger partial charge in [0, 0.05) is 24.6 Å². The first-order valence-corrected chi connectivity index (χ1v) is 8.82. The molecule has 0 aliphatic heterocycles. The highest BCUT2D eigenvalue weighted by molar-refractivity contribution is 7.17. The third-order valence-electron chi connectivity index (χ3n) is 3.97. The number of nitrogens with one attached hydrogen (secondary N) is 1. The van der Waals surface area contributed by atoms with Crippen LogP contribution in [0, 0.1) is 15.5 Å². The summed E-state index contributed by atoms with van der Waals surface area (Å²) in [5.41, 5.74) is 1.11. The lowest BCUT2D eigenvalue weighted by Crippen LogP contribution is -2.26. The molecule has 0 fully saturated rings. The van der Waals surface area contributed by atoms with Gasteiger partial charge in [0.2, 0.25) is 5.91 Å². The molecule has 8 heteroatoms. The number of aromatic nitrogens is 1. The molecule has 1 heterocycles. The Morgan fingerprint density at radius 3 is 2.88 bits per heavy atom. The molecule has 0 radical (unpaired) electrons. The number of ketones is 1. The van der Waals surface area contributed by atoms with Crippen molar-refractivity contribution in [3.8, 4) is 0 Å². The number of rotatable bonds is 4. The van der Waals surface area contributed by atoms with Gasteiger partial charge in [-0.2, -0.15) is 0 Å². The van der Waals surface area contributed by atoms with Crippen molar-refractivity contribution in [3.63, 3.8) is 0 Å². The van der Waals surface area contributed by atoms with Gasteiger partial charge in [0.1, 0.15) is 0 Å². The van der Waals surface area contributed by atoms with Crippen molar-refractivity contribution in [2.45, 2.75) is 26.7 Å². The van der Waals surface area contributed by atoms with E-state index in [0.717, 1.165) is 5.69 Å². The van der Waals surface area contributed by atoms with E-state index >= 15 is 0 Å². The van der Waals surface area contributed by atoms with Crippen molar-refractivity contribution in [2.75, 3.05) is 5.32 Å². The molecule has 1 aliphatic rings. The van der Waals surface area contributed by atoms with Gasteiger partial charge in [-0.1, -0.05) is 37.3 Å². The first-order valence-electron chi connectivity index (χ1n) is 8.00. The zero-order valence-electron chi connectivity index (χ0n) is 14.3. The van der Waals surface area contributed by atoms with Gasteiger partial charge in [-0.3, -0.25) is 25.0 Å². The van der Waals surface area contributed by atoms with Gasteiger partial charge in [0.05, 0.1) is 15.5 Å². The Morgan fingerprint density at radius 2 is 2.15 bits per heavy atom. The quantitative estimate of drug-likeness (QED) is 0.499. The minimum absolute atomic E-state index is 0.0405. The summed E-state index contributed by atoms with van der Waals surface area (Å²) in [6.07, 6.45) is 3.95. The number of nitro benzene ring substituents is 1. The zero-order chi connectivity index (χ0) is 18.9. The normalized spacial score (nSPS) is 15.7. The smallest absolute Gasteiger partial charge is 0.270 e. The van der Waals surface area contributed by atoms with Crippen LogP contribution in [-0.4, -0.2) is 21.6 Å². The fourth-order valence-corrected chi connectivity index (χ4v) is 3.76. The van der Waals surface area contributed by atoms with Gasteiger partial charge in [0.15, 0.2) is 10.9 Å². The molecule has 26 heavy (non-hydrogen) atoms. The van der Waals surface area contributed by atoms with E-state index in [1.165, 1.54) is 35.6 Å². The Morgan fingerprint density at radius 1 is 1.38 bits per heavy atom. The minimum atomic E-state index is -0.490. The number of non-ortho nitro benzene ring substituents is 1. The molecule has 3 rings (SSSR count). The first kappa shape index (κ1) is 17.9. The summed E-state index contributed by atoms with van der Waals surface area (Å²) in [5.74, 6) is -0.351. The van der Waals surface area contributed by atoms with Gasteiger partial charge in [-0.05, 0) is 23.5 Å². The molecule has 1 aliphatic carbocycles. The highest BCUT2D eigenvalue weighted by Gasteiger charge is 2.33. The average molecular weight is 371 g/mol. The fraction of sp³-hybridized carbons (Fsp3) is 0.278. The predicted molar refractivity (Wildman–Crippen MR) is 99.3 cm³/mol. The van der Waals surface area contributed by atoms with Crippen molar-refractivity contribution >= 4 is 39.9 Å². The SMILES string of the molecule is CC1(C)CC(=O)c2sc(NC(=O)/C=C\c3cccc([N+](=O)[O-])c3)nc2C1. The summed E-state index contributed by atoms with van der Waals surface area (Å²) >= 11 is 1.18. The lowest BCUT2D eigenvalue weighted by molar-refractivity contribution is -0.384. The molecule has 1 N–H and O–H groups in total. The first-order chi connectivity index (χ1) is 12.2. The zero-order valence-corrected chi connectivity index (χ0v) is 15.1. The number of nitro groups is 1. The van der Waals surface area contributed by atoms with E-state index in [1.54, 1.807) is 12.1 Å². The second kappa shape index (κ2) is 6.80. The Bertz CT molecular complexity index is 930. The number of Topliss-reactive ketones (excluding diaryl/α,β-unsaturated/α-hetero) is 1. The molecule has 1 aromatic carbocycles. The molecular formula is C18H17N3O4S. The van der Waals surface area contributed by atoms with Crippen LogP contribution in [0.15, 0.2) is 30.3 Å². The lowest BCUT2D eigenvalue weighted by Gasteiger charge is -2.26. The summed E-state index contributed by atoms with van der Waals surface area (Å²) < 4.78 is 0. The molecule has 0 saturated carbocycles. The molecule has 0 unspecified atom stereocenters. The number of thiazole rings is 1. The molecular weight excluding hydrogens is 354 g/mol. The maximum Gasteiger partial charge on any atom is 0.270 e. The largest absolute Gasteiger partial charge is 0.298 e. The third kappa shape index (κ3) is 4.02. The van der Waals surface area contributed by atoms with Crippen molar-refractivity contribution in [1.29, 1.82) is 0 Å². The summed E-state index contributed by atoms with van der Waals surface area (Å²) in [4.78, 5) is 39.5. The molecule has 0 spiro atoms. The van der Waals surface area contributed by atoms with E-state index in [-0.39, 0.29) is 16.9 Å². The molecule has 7 nitrogen and oxygen atoms in total. The van der Waals surface area contributed by atoms with Crippen LogP contribution in [0.3, 0.4) is 0 Å². The van der Waals surface area contributed by atoms with E-state index in [2.05, 4.69) is 10.3 Å². The van der Waals surface area contributed by atoms with Crippen LogP contribution in [0.4, 0.5) is 10.8 Å². The Labute approximate surface area is 153 Å². The summed E-state index contributed by atoms with van der Waals surface area (Å²) in [7, 11) is 0. The van der Waals surface area contributed by atoms with Gasteiger partial charge < -0.3 is 0 Å². The molecule has 0 saturated heterocycles. The number of carbonyl (C=O) groups is 2. The monoisotopic (exact) mass is 371 g/mol. The topological polar surface area (TPSA) is 102 Å². The van der Waals surface area contributed by atoms with Crippen LogP contribution in [0.5, 0.6) is 0 Å². The number of anilines is 1. The molecule has 2 aromatic rings. The van der Waals surface area contributed by atoms with Crippen molar-refractivity contribution < 1.29 is 14.5 Å². The number of hydrogen-bond donors (Lipinski definition) is 1. The molecule has 0 bridgehead atoms. The molecule has 0 atom stereocenters. The van der Waals surface area contributed by atoms with Crippen LogP contribution in [0.25, 0.3) is 6.08 Å². The highest BCUT2D eigenvalue weighted by Crippen LogP contribution is 2.38. The second-order valence-electron chi connectivity index (χ2n) is 6.91. The number of benzene rings is 1. The predicted octanol–water partition coefficient (Wildman–Crippen LogP) is 3.86. The van der Waals surface area contributed by atoms with E-state index in [9.17, 15) is 19.7 Å². The molecule has 1 aromatic heterocycles. The van der Waals surface area contributed by atoms with Crippen LogP contribution in [0.1, 0.15) is 41.2 Å². The maximum atomic E-state index is 12.2. The van der Waals surface area contributed by atoms with Crippen LogP contribution >= 0.6 is 11.3 Å². The van der Waals surface area contributed by atoms with E-state index in [4.69, 9.17) is 0 Å². The number of nitrogens with zero attached hydrogens (tertiary/aromatic N) is 2. The second-order valence-corrected chi connectivity index (χ2v) is 7.91.